The van der Waals surface area contributed by atoms with Crippen molar-refractivity contribution in [2.24, 2.45) is 0 Å². The molecule has 0 unspecified atom stereocenters. The average molecular weight is 286 g/mol. The molecule has 0 fully saturated rings. The van der Waals surface area contributed by atoms with Gasteiger partial charge in [0.05, 0.1) is 36.8 Å². The van der Waals surface area contributed by atoms with Gasteiger partial charge in [0.1, 0.15) is 5.75 Å². The highest BCUT2D eigenvalue weighted by Gasteiger charge is 2.20. The second kappa shape index (κ2) is 6.17. The summed E-state index contributed by atoms with van der Waals surface area (Å²) in [6.07, 6.45) is 0. The minimum Gasteiger partial charge on any atom is -0.495 e. The zero-order valence-corrected chi connectivity index (χ0v) is 12.3. The van der Waals surface area contributed by atoms with E-state index in [-0.39, 0.29) is 0 Å². The van der Waals surface area contributed by atoms with E-state index in [0.29, 0.717) is 22.7 Å². The third kappa shape index (κ3) is 2.76. The molecule has 2 N–H and O–H groups in total. The molecule has 0 atom stereocenters. The number of anilines is 3. The Hall–Kier alpha value is -2.69. The summed E-state index contributed by atoms with van der Waals surface area (Å²) >= 11 is 0. The van der Waals surface area contributed by atoms with Crippen molar-refractivity contribution in [1.29, 1.82) is 0 Å². The van der Waals surface area contributed by atoms with Crippen molar-refractivity contribution >= 4 is 23.0 Å². The second-order valence-electron chi connectivity index (χ2n) is 4.47. The van der Waals surface area contributed by atoms with Crippen molar-refractivity contribution in [3.63, 3.8) is 0 Å². The van der Waals surface area contributed by atoms with Crippen LogP contribution < -0.4 is 15.4 Å². The van der Waals surface area contributed by atoms with Crippen LogP contribution in [-0.4, -0.2) is 27.2 Å². The maximum Gasteiger partial charge on any atom is 0.340 e. The first-order chi connectivity index (χ1) is 10.1. The van der Waals surface area contributed by atoms with E-state index in [0.717, 1.165) is 5.69 Å². The lowest BCUT2D eigenvalue weighted by molar-refractivity contribution is 0.0601. The van der Waals surface area contributed by atoms with Crippen LogP contribution in [0.5, 0.6) is 5.75 Å². The Balaban J connectivity index is 2.58. The van der Waals surface area contributed by atoms with E-state index in [4.69, 9.17) is 15.2 Å². The number of hydrogen-bond acceptors (Lipinski definition) is 5. The smallest absolute Gasteiger partial charge is 0.340 e. The fraction of sp³-hybridized carbons (Fsp3) is 0.188. The van der Waals surface area contributed by atoms with Gasteiger partial charge in [-0.15, -0.1) is 0 Å². The van der Waals surface area contributed by atoms with Crippen molar-refractivity contribution in [2.75, 3.05) is 31.9 Å². The lowest BCUT2D eigenvalue weighted by Gasteiger charge is -2.25. The van der Waals surface area contributed by atoms with Crippen LogP contribution in [0.4, 0.5) is 17.1 Å². The number of benzene rings is 2. The van der Waals surface area contributed by atoms with E-state index in [2.05, 4.69) is 0 Å². The van der Waals surface area contributed by atoms with Gasteiger partial charge >= 0.3 is 5.97 Å². The Morgan fingerprint density at radius 1 is 1.10 bits per heavy atom. The van der Waals surface area contributed by atoms with Crippen molar-refractivity contribution < 1.29 is 14.3 Å². The van der Waals surface area contributed by atoms with Gasteiger partial charge in [0, 0.05) is 7.05 Å². The van der Waals surface area contributed by atoms with Crippen molar-refractivity contribution in [3.05, 3.63) is 48.0 Å². The summed E-state index contributed by atoms with van der Waals surface area (Å²) in [4.78, 5) is 13.8. The molecule has 5 heteroatoms. The van der Waals surface area contributed by atoms with Crippen LogP contribution in [0.25, 0.3) is 0 Å². The average Bonchev–Trinajstić information content (AvgIpc) is 2.53. The maximum atomic E-state index is 11.9. The van der Waals surface area contributed by atoms with E-state index in [1.54, 1.807) is 25.3 Å². The first-order valence-electron chi connectivity index (χ1n) is 6.43. The summed E-state index contributed by atoms with van der Waals surface area (Å²) in [7, 11) is 4.77. The number of esters is 1. The summed E-state index contributed by atoms with van der Waals surface area (Å²) in [6, 6.07) is 12.7. The number of hydrogen-bond donors (Lipinski definition) is 1. The van der Waals surface area contributed by atoms with Crippen LogP contribution in [0.3, 0.4) is 0 Å². The highest BCUT2D eigenvalue weighted by atomic mass is 16.5. The minimum absolute atomic E-state index is 0.408. The Kier molecular flexibility index (Phi) is 4.33. The number of rotatable bonds is 4. The van der Waals surface area contributed by atoms with Gasteiger partial charge < -0.3 is 20.1 Å². The lowest BCUT2D eigenvalue weighted by Crippen LogP contribution is -2.17. The molecular formula is C16H18N2O3. The van der Waals surface area contributed by atoms with Crippen molar-refractivity contribution in [2.45, 2.75) is 0 Å². The molecule has 2 aromatic carbocycles. The minimum atomic E-state index is -0.431. The topological polar surface area (TPSA) is 64.8 Å². The molecule has 0 saturated heterocycles. The number of nitrogen functional groups attached to an aromatic ring is 1. The Bertz CT molecular complexity index is 656. The molecule has 21 heavy (non-hydrogen) atoms. The van der Waals surface area contributed by atoms with Gasteiger partial charge in [-0.3, -0.25) is 0 Å². The van der Waals surface area contributed by atoms with Gasteiger partial charge in [-0.1, -0.05) is 18.2 Å². The predicted molar refractivity (Wildman–Crippen MR) is 83.3 cm³/mol. The zero-order valence-electron chi connectivity index (χ0n) is 12.3. The maximum absolute atomic E-state index is 11.9. The van der Waals surface area contributed by atoms with E-state index < -0.39 is 5.97 Å². The first kappa shape index (κ1) is 14.7. The number of carbonyl (C=O) groups is 1. The Morgan fingerprint density at radius 3 is 2.48 bits per heavy atom. The highest BCUT2D eigenvalue weighted by Crippen LogP contribution is 2.37. The molecule has 0 spiro atoms. The van der Waals surface area contributed by atoms with Crippen LogP contribution in [0.1, 0.15) is 10.4 Å². The van der Waals surface area contributed by atoms with E-state index in [1.165, 1.54) is 7.11 Å². The molecule has 0 heterocycles. The third-order valence-corrected chi connectivity index (χ3v) is 3.25. The number of methoxy groups -OCH3 is 2. The van der Waals surface area contributed by atoms with Crippen LogP contribution in [0, 0.1) is 0 Å². The van der Waals surface area contributed by atoms with Gasteiger partial charge in [0.15, 0.2) is 0 Å². The lowest BCUT2D eigenvalue weighted by atomic mass is 10.1. The molecule has 0 aliphatic rings. The van der Waals surface area contributed by atoms with Crippen molar-refractivity contribution in [3.8, 4) is 5.75 Å². The molecule has 0 amide bonds. The molecule has 0 bridgehead atoms. The van der Waals surface area contributed by atoms with Gasteiger partial charge in [-0.25, -0.2) is 4.79 Å². The number of para-hydroxylation sites is 3. The summed E-state index contributed by atoms with van der Waals surface area (Å²) in [6.45, 7) is 0. The SMILES string of the molecule is COC(=O)c1cccc(N)c1N(C)c1ccccc1OC. The monoisotopic (exact) mass is 286 g/mol. The fourth-order valence-electron chi connectivity index (χ4n) is 2.24. The Morgan fingerprint density at radius 2 is 1.81 bits per heavy atom. The largest absolute Gasteiger partial charge is 0.495 e. The summed E-state index contributed by atoms with van der Waals surface area (Å²) in [5, 5.41) is 0. The molecule has 5 nitrogen and oxygen atoms in total. The van der Waals surface area contributed by atoms with Gasteiger partial charge in [0.2, 0.25) is 0 Å². The first-order valence-corrected chi connectivity index (χ1v) is 6.43. The number of nitrogens with zero attached hydrogens (tertiary/aromatic N) is 1. The van der Waals surface area contributed by atoms with Gasteiger partial charge in [-0.2, -0.15) is 0 Å². The van der Waals surface area contributed by atoms with Crippen LogP contribution in [0.2, 0.25) is 0 Å². The summed E-state index contributed by atoms with van der Waals surface area (Å²) in [5.74, 6) is 0.262. The number of nitrogens with two attached hydrogens (primary N) is 1. The fourth-order valence-corrected chi connectivity index (χ4v) is 2.24. The van der Waals surface area contributed by atoms with Gasteiger partial charge in [-0.05, 0) is 24.3 Å². The molecule has 110 valence electrons. The normalized spacial score (nSPS) is 10.0. The summed E-state index contributed by atoms with van der Waals surface area (Å²) in [5.41, 5.74) is 8.35. The predicted octanol–water partition coefficient (Wildman–Crippen LogP) is 2.83. The van der Waals surface area contributed by atoms with Crippen molar-refractivity contribution in [1.82, 2.24) is 0 Å². The molecule has 2 aromatic rings. The third-order valence-electron chi connectivity index (χ3n) is 3.25. The number of carbonyl (C=O) groups excluding carboxylic acids is 1. The molecule has 0 radical (unpaired) electrons. The van der Waals surface area contributed by atoms with E-state index >= 15 is 0 Å². The molecule has 0 aromatic heterocycles. The summed E-state index contributed by atoms with van der Waals surface area (Å²) < 4.78 is 10.2. The molecule has 2 rings (SSSR count). The quantitative estimate of drug-likeness (QED) is 0.691. The van der Waals surface area contributed by atoms with Gasteiger partial charge in [0.25, 0.3) is 0 Å². The van der Waals surface area contributed by atoms with E-state index in [9.17, 15) is 4.79 Å². The molecular weight excluding hydrogens is 268 g/mol. The Labute approximate surface area is 123 Å². The van der Waals surface area contributed by atoms with Crippen LogP contribution in [0.15, 0.2) is 42.5 Å². The highest BCUT2D eigenvalue weighted by molar-refractivity contribution is 6.00. The zero-order chi connectivity index (χ0) is 15.4. The van der Waals surface area contributed by atoms with E-state index in [1.807, 2.05) is 36.2 Å². The van der Waals surface area contributed by atoms with Crippen LogP contribution >= 0.6 is 0 Å². The second-order valence-corrected chi connectivity index (χ2v) is 4.47. The molecule has 0 saturated carbocycles. The molecule has 0 aliphatic heterocycles. The number of ether oxygens (including phenoxy) is 2. The van der Waals surface area contributed by atoms with Crippen LogP contribution in [-0.2, 0) is 4.74 Å². The molecule has 0 aliphatic carbocycles. The standard InChI is InChI=1S/C16H18N2O3/c1-18(13-9-4-5-10-14(13)20-2)15-11(16(19)21-3)7-6-8-12(15)17/h4-10H,17H2,1-3H3.